The summed E-state index contributed by atoms with van der Waals surface area (Å²) in [5.74, 6) is 0.624. The van der Waals surface area contributed by atoms with Crippen molar-refractivity contribution in [1.29, 1.82) is 0 Å². The Bertz CT molecular complexity index is 548. The van der Waals surface area contributed by atoms with Gasteiger partial charge < -0.3 is 15.5 Å². The number of nitrogens with two attached hydrogens (primary N) is 1. The number of carbonyl (C=O) groups excluding carboxylic acids is 1. The average Bonchev–Trinajstić information content (AvgIpc) is 2.69. The number of anilines is 1. The largest absolute Gasteiger partial charge is 0.441 e. The zero-order valence-electron chi connectivity index (χ0n) is 10.4. The van der Waals surface area contributed by atoms with Gasteiger partial charge in [0.2, 0.25) is 5.91 Å². The number of amides is 1. The number of fused-ring (bicyclic) bond motifs is 1. The summed E-state index contributed by atoms with van der Waals surface area (Å²) in [6, 6.07) is 5.44. The topological polar surface area (TPSA) is 81.2 Å². The quantitative estimate of drug-likeness (QED) is 0.794. The molecule has 0 atom stereocenters. The minimum atomic E-state index is 0.00279. The lowest BCUT2D eigenvalue weighted by molar-refractivity contribution is -0.116. The Balaban J connectivity index is 2.00. The molecule has 0 unspecified atom stereocenters. The summed E-state index contributed by atoms with van der Waals surface area (Å²) in [4.78, 5) is 15.9. The van der Waals surface area contributed by atoms with Gasteiger partial charge in [-0.15, -0.1) is 0 Å². The van der Waals surface area contributed by atoms with Gasteiger partial charge in [-0.25, -0.2) is 4.98 Å². The van der Waals surface area contributed by atoms with Gasteiger partial charge in [-0.3, -0.25) is 4.79 Å². The van der Waals surface area contributed by atoms with E-state index in [0.29, 0.717) is 18.9 Å². The highest BCUT2D eigenvalue weighted by atomic mass is 16.3. The number of aromatic nitrogens is 1. The third kappa shape index (κ3) is 3.07. The molecule has 2 aromatic rings. The molecule has 0 fully saturated rings. The highest BCUT2D eigenvalue weighted by molar-refractivity contribution is 5.92. The number of aryl methyl sites for hydroxylation is 1. The molecule has 0 bridgehead atoms. The van der Waals surface area contributed by atoms with Gasteiger partial charge in [0.05, 0.1) is 0 Å². The molecule has 96 valence electrons. The second-order valence-electron chi connectivity index (χ2n) is 4.21. The van der Waals surface area contributed by atoms with E-state index in [1.807, 2.05) is 18.2 Å². The Morgan fingerprint density at radius 2 is 2.28 bits per heavy atom. The normalized spacial score (nSPS) is 10.8. The second-order valence-corrected chi connectivity index (χ2v) is 4.21. The highest BCUT2D eigenvalue weighted by Gasteiger charge is 2.05. The lowest BCUT2D eigenvalue weighted by Crippen LogP contribution is -2.11. The average molecular weight is 247 g/mol. The van der Waals surface area contributed by atoms with Gasteiger partial charge in [0.1, 0.15) is 5.52 Å². The van der Waals surface area contributed by atoms with Crippen LogP contribution in [-0.2, 0) is 4.79 Å². The maximum Gasteiger partial charge on any atom is 0.224 e. The predicted molar refractivity (Wildman–Crippen MR) is 70.3 cm³/mol. The predicted octanol–water partition coefficient (Wildman–Crippen LogP) is 2.20. The van der Waals surface area contributed by atoms with E-state index in [2.05, 4.69) is 10.3 Å². The van der Waals surface area contributed by atoms with E-state index in [4.69, 9.17) is 10.2 Å². The summed E-state index contributed by atoms with van der Waals surface area (Å²) in [6.07, 6.45) is 2.18. The maximum atomic E-state index is 11.6. The zero-order chi connectivity index (χ0) is 13.0. The van der Waals surface area contributed by atoms with Crippen molar-refractivity contribution in [3.05, 3.63) is 24.1 Å². The number of nitrogens with zero attached hydrogens (tertiary/aromatic N) is 1. The standard InChI is InChI=1S/C13H17N3O2/c1-9-15-11-8-10(5-6-12(11)18-9)16-13(17)4-2-3-7-14/h5-6,8H,2-4,7,14H2,1H3,(H,16,17). The first-order chi connectivity index (χ1) is 8.69. The summed E-state index contributed by atoms with van der Waals surface area (Å²) in [7, 11) is 0. The number of nitrogens with one attached hydrogen (secondary N) is 1. The van der Waals surface area contributed by atoms with Gasteiger partial charge in [0, 0.05) is 19.0 Å². The van der Waals surface area contributed by atoms with Gasteiger partial charge in [0.25, 0.3) is 0 Å². The molecule has 5 heteroatoms. The summed E-state index contributed by atoms with van der Waals surface area (Å²) < 4.78 is 5.37. The Morgan fingerprint density at radius 1 is 1.44 bits per heavy atom. The minimum Gasteiger partial charge on any atom is -0.441 e. The third-order valence-corrected chi connectivity index (χ3v) is 2.64. The molecule has 1 aromatic carbocycles. The smallest absolute Gasteiger partial charge is 0.224 e. The van der Waals surface area contributed by atoms with E-state index in [1.54, 1.807) is 6.92 Å². The van der Waals surface area contributed by atoms with Crippen LogP contribution in [0.1, 0.15) is 25.2 Å². The number of unbranched alkanes of at least 4 members (excludes halogenated alkanes) is 1. The molecule has 1 heterocycles. The van der Waals surface area contributed by atoms with Crippen LogP contribution in [0.5, 0.6) is 0 Å². The summed E-state index contributed by atoms with van der Waals surface area (Å²) >= 11 is 0. The third-order valence-electron chi connectivity index (χ3n) is 2.64. The summed E-state index contributed by atoms with van der Waals surface area (Å²) in [5.41, 5.74) is 7.61. The molecule has 18 heavy (non-hydrogen) atoms. The van der Waals surface area contributed by atoms with Crippen molar-refractivity contribution >= 4 is 22.7 Å². The molecule has 3 N–H and O–H groups in total. The molecular weight excluding hydrogens is 230 g/mol. The molecule has 0 aliphatic rings. The Hall–Kier alpha value is -1.88. The Kier molecular flexibility index (Phi) is 3.94. The van der Waals surface area contributed by atoms with Crippen molar-refractivity contribution in [2.45, 2.75) is 26.2 Å². The van der Waals surface area contributed by atoms with E-state index in [9.17, 15) is 4.79 Å². The van der Waals surface area contributed by atoms with E-state index in [-0.39, 0.29) is 5.91 Å². The first-order valence-corrected chi connectivity index (χ1v) is 6.06. The number of oxazole rings is 1. The van der Waals surface area contributed by atoms with Crippen LogP contribution >= 0.6 is 0 Å². The Labute approximate surface area is 105 Å². The van der Waals surface area contributed by atoms with E-state index in [0.717, 1.165) is 29.6 Å². The van der Waals surface area contributed by atoms with Crippen LogP contribution in [0, 0.1) is 6.92 Å². The summed E-state index contributed by atoms with van der Waals surface area (Å²) in [5, 5.41) is 2.84. The molecule has 0 aliphatic carbocycles. The van der Waals surface area contributed by atoms with E-state index in [1.165, 1.54) is 0 Å². The van der Waals surface area contributed by atoms with Crippen molar-refractivity contribution < 1.29 is 9.21 Å². The zero-order valence-corrected chi connectivity index (χ0v) is 10.4. The monoisotopic (exact) mass is 247 g/mol. The second kappa shape index (κ2) is 5.64. The molecule has 2 rings (SSSR count). The lowest BCUT2D eigenvalue weighted by Gasteiger charge is -2.04. The lowest BCUT2D eigenvalue weighted by atomic mass is 10.2. The number of hydrogen-bond acceptors (Lipinski definition) is 4. The van der Waals surface area contributed by atoms with Gasteiger partial charge in [-0.05, 0) is 37.6 Å². The Morgan fingerprint density at radius 3 is 3.06 bits per heavy atom. The number of benzene rings is 1. The van der Waals surface area contributed by atoms with Crippen LogP contribution in [0.15, 0.2) is 22.6 Å². The first-order valence-electron chi connectivity index (χ1n) is 6.06. The molecular formula is C13H17N3O2. The number of hydrogen-bond donors (Lipinski definition) is 2. The minimum absolute atomic E-state index is 0.00279. The SMILES string of the molecule is Cc1nc2cc(NC(=O)CCCCN)ccc2o1. The van der Waals surface area contributed by atoms with Crippen molar-refractivity contribution in [1.82, 2.24) is 4.98 Å². The van der Waals surface area contributed by atoms with E-state index >= 15 is 0 Å². The van der Waals surface area contributed by atoms with Gasteiger partial charge in [-0.1, -0.05) is 0 Å². The molecule has 0 saturated heterocycles. The van der Waals surface area contributed by atoms with Crippen molar-refractivity contribution in [2.24, 2.45) is 5.73 Å². The molecule has 5 nitrogen and oxygen atoms in total. The molecule has 0 aliphatic heterocycles. The summed E-state index contributed by atoms with van der Waals surface area (Å²) in [6.45, 7) is 2.42. The van der Waals surface area contributed by atoms with Crippen LogP contribution in [0.2, 0.25) is 0 Å². The van der Waals surface area contributed by atoms with Crippen LogP contribution in [0.25, 0.3) is 11.1 Å². The molecule has 1 aromatic heterocycles. The number of rotatable bonds is 5. The van der Waals surface area contributed by atoms with E-state index < -0.39 is 0 Å². The highest BCUT2D eigenvalue weighted by Crippen LogP contribution is 2.19. The maximum absolute atomic E-state index is 11.6. The number of carbonyl (C=O) groups is 1. The molecule has 0 saturated carbocycles. The van der Waals surface area contributed by atoms with Gasteiger partial charge >= 0.3 is 0 Å². The molecule has 0 spiro atoms. The molecule has 1 amide bonds. The fourth-order valence-electron chi connectivity index (χ4n) is 1.77. The van der Waals surface area contributed by atoms with Gasteiger partial charge in [0.15, 0.2) is 11.5 Å². The fraction of sp³-hybridized carbons (Fsp3) is 0.385. The van der Waals surface area contributed by atoms with Crippen LogP contribution in [-0.4, -0.2) is 17.4 Å². The van der Waals surface area contributed by atoms with Gasteiger partial charge in [-0.2, -0.15) is 0 Å². The van der Waals surface area contributed by atoms with Crippen molar-refractivity contribution in [3.8, 4) is 0 Å². The van der Waals surface area contributed by atoms with Crippen LogP contribution in [0.4, 0.5) is 5.69 Å². The van der Waals surface area contributed by atoms with Crippen LogP contribution < -0.4 is 11.1 Å². The van der Waals surface area contributed by atoms with Crippen LogP contribution in [0.3, 0.4) is 0 Å². The van der Waals surface area contributed by atoms with Crippen molar-refractivity contribution in [3.63, 3.8) is 0 Å². The first kappa shape index (κ1) is 12.6. The molecule has 0 radical (unpaired) electrons. The fourth-order valence-corrected chi connectivity index (χ4v) is 1.77. The van der Waals surface area contributed by atoms with Crippen molar-refractivity contribution in [2.75, 3.05) is 11.9 Å².